The SMILES string of the molecule is Cc1nnc(NC(=O)c2ccc(F)cc2C#CCCO)s1. The first-order valence-electron chi connectivity index (χ1n) is 6.11. The van der Waals surface area contributed by atoms with Crippen LogP contribution in [0.4, 0.5) is 9.52 Å². The number of rotatable bonds is 3. The molecule has 2 aromatic rings. The quantitative estimate of drug-likeness (QED) is 0.850. The summed E-state index contributed by atoms with van der Waals surface area (Å²) in [7, 11) is 0. The van der Waals surface area contributed by atoms with Crippen LogP contribution in [0.2, 0.25) is 0 Å². The van der Waals surface area contributed by atoms with Gasteiger partial charge >= 0.3 is 0 Å². The van der Waals surface area contributed by atoms with Crippen LogP contribution in [0.1, 0.15) is 27.3 Å². The van der Waals surface area contributed by atoms with E-state index in [1.807, 2.05) is 0 Å². The van der Waals surface area contributed by atoms with E-state index in [-0.39, 0.29) is 24.2 Å². The standard InChI is InChI=1S/C14H12FN3O2S/c1-9-17-18-14(21-9)16-13(20)12-6-5-11(15)8-10(12)4-2-3-7-19/h5-6,8,19H,3,7H2,1H3,(H,16,18,20). The van der Waals surface area contributed by atoms with Crippen LogP contribution in [0.5, 0.6) is 0 Å². The average molecular weight is 305 g/mol. The van der Waals surface area contributed by atoms with Crippen LogP contribution in [0.25, 0.3) is 0 Å². The van der Waals surface area contributed by atoms with E-state index in [0.29, 0.717) is 5.13 Å². The molecule has 0 aliphatic heterocycles. The molecule has 0 fully saturated rings. The van der Waals surface area contributed by atoms with Gasteiger partial charge < -0.3 is 5.11 Å². The van der Waals surface area contributed by atoms with Crippen molar-refractivity contribution in [2.45, 2.75) is 13.3 Å². The molecule has 7 heteroatoms. The molecule has 0 saturated carbocycles. The molecule has 0 saturated heterocycles. The zero-order valence-electron chi connectivity index (χ0n) is 11.2. The van der Waals surface area contributed by atoms with E-state index in [1.165, 1.54) is 29.5 Å². The highest BCUT2D eigenvalue weighted by Crippen LogP contribution is 2.17. The maximum absolute atomic E-state index is 13.3. The molecule has 5 nitrogen and oxygen atoms in total. The van der Waals surface area contributed by atoms with E-state index in [1.54, 1.807) is 6.92 Å². The zero-order valence-corrected chi connectivity index (χ0v) is 12.0. The molecule has 21 heavy (non-hydrogen) atoms. The largest absolute Gasteiger partial charge is 0.395 e. The minimum atomic E-state index is -0.480. The lowest BCUT2D eigenvalue weighted by Gasteiger charge is -2.04. The van der Waals surface area contributed by atoms with Crippen molar-refractivity contribution in [3.63, 3.8) is 0 Å². The lowest BCUT2D eigenvalue weighted by molar-refractivity contribution is 0.102. The summed E-state index contributed by atoms with van der Waals surface area (Å²) in [6, 6.07) is 3.74. The number of hydrogen-bond donors (Lipinski definition) is 2. The number of carbonyl (C=O) groups excluding carboxylic acids is 1. The molecule has 1 aromatic heterocycles. The van der Waals surface area contributed by atoms with Crippen LogP contribution in [0, 0.1) is 24.6 Å². The van der Waals surface area contributed by atoms with E-state index in [9.17, 15) is 9.18 Å². The summed E-state index contributed by atoms with van der Waals surface area (Å²) < 4.78 is 13.3. The molecule has 0 bridgehead atoms. The molecule has 2 rings (SSSR count). The van der Waals surface area contributed by atoms with E-state index < -0.39 is 11.7 Å². The van der Waals surface area contributed by atoms with Crippen molar-refractivity contribution in [3.05, 3.63) is 40.2 Å². The Kier molecular flexibility index (Phi) is 4.98. The van der Waals surface area contributed by atoms with Crippen molar-refractivity contribution in [2.24, 2.45) is 0 Å². The maximum Gasteiger partial charge on any atom is 0.258 e. The van der Waals surface area contributed by atoms with Gasteiger partial charge in [0.15, 0.2) is 0 Å². The number of halogens is 1. The van der Waals surface area contributed by atoms with Crippen LogP contribution in [-0.2, 0) is 0 Å². The van der Waals surface area contributed by atoms with Gasteiger partial charge in [-0.25, -0.2) is 4.39 Å². The molecular formula is C14H12FN3O2S. The topological polar surface area (TPSA) is 75.1 Å². The summed E-state index contributed by atoms with van der Waals surface area (Å²) in [5.74, 6) is 4.44. The van der Waals surface area contributed by atoms with Crippen molar-refractivity contribution < 1.29 is 14.3 Å². The fourth-order valence-electron chi connectivity index (χ4n) is 1.54. The van der Waals surface area contributed by atoms with Crippen LogP contribution < -0.4 is 5.32 Å². The molecule has 1 amide bonds. The number of benzene rings is 1. The van der Waals surface area contributed by atoms with Crippen LogP contribution in [0.3, 0.4) is 0 Å². The fourth-order valence-corrected chi connectivity index (χ4v) is 2.13. The highest BCUT2D eigenvalue weighted by Gasteiger charge is 2.13. The fraction of sp³-hybridized carbons (Fsp3) is 0.214. The highest BCUT2D eigenvalue weighted by molar-refractivity contribution is 7.15. The molecule has 2 N–H and O–H groups in total. The van der Waals surface area contributed by atoms with Gasteiger partial charge in [0.2, 0.25) is 5.13 Å². The summed E-state index contributed by atoms with van der Waals surface area (Å²) in [6.45, 7) is 1.69. The van der Waals surface area contributed by atoms with Crippen molar-refractivity contribution in [2.75, 3.05) is 11.9 Å². The summed E-state index contributed by atoms with van der Waals surface area (Å²) in [5, 5.41) is 20.0. The Hall–Kier alpha value is -2.30. The number of nitrogens with one attached hydrogen (secondary N) is 1. The Balaban J connectivity index is 2.26. The van der Waals surface area contributed by atoms with Crippen LogP contribution in [0.15, 0.2) is 18.2 Å². The van der Waals surface area contributed by atoms with Crippen molar-refractivity contribution in [1.82, 2.24) is 10.2 Å². The Bertz CT molecular complexity index is 718. The zero-order chi connectivity index (χ0) is 15.2. The second-order valence-corrected chi connectivity index (χ2v) is 5.23. The first-order chi connectivity index (χ1) is 10.1. The molecule has 0 aliphatic rings. The number of carbonyl (C=O) groups is 1. The Labute approximate surface area is 124 Å². The van der Waals surface area contributed by atoms with Crippen LogP contribution in [-0.4, -0.2) is 27.8 Å². The second kappa shape index (κ2) is 6.92. The number of hydrogen-bond acceptors (Lipinski definition) is 5. The number of amides is 1. The summed E-state index contributed by atoms with van der Waals surface area (Å²) in [6.07, 6.45) is 0.257. The van der Waals surface area contributed by atoms with Gasteiger partial charge in [0, 0.05) is 12.0 Å². The number of aromatic nitrogens is 2. The third-order valence-electron chi connectivity index (χ3n) is 2.43. The van der Waals surface area contributed by atoms with E-state index in [4.69, 9.17) is 5.11 Å². The van der Waals surface area contributed by atoms with E-state index >= 15 is 0 Å². The Morgan fingerprint density at radius 3 is 2.95 bits per heavy atom. The summed E-state index contributed by atoms with van der Waals surface area (Å²) in [5.41, 5.74) is 0.511. The van der Waals surface area contributed by atoms with Gasteiger partial charge in [-0.1, -0.05) is 23.2 Å². The van der Waals surface area contributed by atoms with Crippen molar-refractivity contribution >= 4 is 22.4 Å². The lowest BCUT2D eigenvalue weighted by atomic mass is 10.1. The third-order valence-corrected chi connectivity index (χ3v) is 3.19. The Morgan fingerprint density at radius 2 is 2.29 bits per heavy atom. The molecule has 0 aliphatic carbocycles. The first-order valence-corrected chi connectivity index (χ1v) is 6.92. The predicted octanol–water partition coefficient (Wildman–Crippen LogP) is 1.97. The molecule has 0 unspecified atom stereocenters. The lowest BCUT2D eigenvalue weighted by Crippen LogP contribution is -2.13. The first kappa shape index (κ1) is 15.1. The molecule has 0 radical (unpaired) electrons. The number of aryl methyl sites for hydroxylation is 1. The predicted molar refractivity (Wildman–Crippen MR) is 77.6 cm³/mol. The molecule has 0 spiro atoms. The molecular weight excluding hydrogens is 293 g/mol. The Morgan fingerprint density at radius 1 is 1.48 bits per heavy atom. The van der Waals surface area contributed by atoms with E-state index in [0.717, 1.165) is 5.01 Å². The van der Waals surface area contributed by atoms with Gasteiger partial charge in [-0.05, 0) is 25.1 Å². The number of aliphatic hydroxyl groups excluding tert-OH is 1. The number of aliphatic hydroxyl groups is 1. The molecule has 108 valence electrons. The average Bonchev–Trinajstić information content (AvgIpc) is 2.84. The van der Waals surface area contributed by atoms with Gasteiger partial charge in [0.1, 0.15) is 10.8 Å². The van der Waals surface area contributed by atoms with Crippen molar-refractivity contribution in [3.8, 4) is 11.8 Å². The molecule has 0 atom stereocenters. The van der Waals surface area contributed by atoms with Gasteiger partial charge in [-0.3, -0.25) is 10.1 Å². The van der Waals surface area contributed by atoms with Gasteiger partial charge in [0.05, 0.1) is 12.2 Å². The number of nitrogens with zero attached hydrogens (tertiary/aromatic N) is 2. The smallest absolute Gasteiger partial charge is 0.258 e. The van der Waals surface area contributed by atoms with Gasteiger partial charge in [0.25, 0.3) is 5.91 Å². The minimum Gasteiger partial charge on any atom is -0.395 e. The monoisotopic (exact) mass is 305 g/mol. The normalized spacial score (nSPS) is 9.86. The van der Waals surface area contributed by atoms with Gasteiger partial charge in [-0.2, -0.15) is 0 Å². The van der Waals surface area contributed by atoms with E-state index in [2.05, 4.69) is 27.4 Å². The number of anilines is 1. The van der Waals surface area contributed by atoms with Crippen LogP contribution >= 0.6 is 11.3 Å². The van der Waals surface area contributed by atoms with Gasteiger partial charge in [-0.15, -0.1) is 10.2 Å². The summed E-state index contributed by atoms with van der Waals surface area (Å²) in [4.78, 5) is 12.2. The second-order valence-electron chi connectivity index (χ2n) is 4.05. The molecule has 1 heterocycles. The third kappa shape index (κ3) is 4.08. The highest BCUT2D eigenvalue weighted by atomic mass is 32.1. The summed E-state index contributed by atoms with van der Waals surface area (Å²) >= 11 is 1.24. The van der Waals surface area contributed by atoms with Crippen molar-refractivity contribution in [1.29, 1.82) is 0 Å². The maximum atomic E-state index is 13.3. The minimum absolute atomic E-state index is 0.0894. The molecule has 1 aromatic carbocycles.